The van der Waals surface area contributed by atoms with Gasteiger partial charge in [0.25, 0.3) is 0 Å². The van der Waals surface area contributed by atoms with Crippen molar-refractivity contribution in [2.75, 3.05) is 62.3 Å². The van der Waals surface area contributed by atoms with Gasteiger partial charge in [0.05, 0.1) is 35.6 Å². The van der Waals surface area contributed by atoms with Crippen molar-refractivity contribution in [2.45, 2.75) is 30.9 Å². The van der Waals surface area contributed by atoms with Gasteiger partial charge < -0.3 is 19.3 Å². The Balaban J connectivity index is 1.16. The van der Waals surface area contributed by atoms with E-state index in [4.69, 9.17) is 9.47 Å². The van der Waals surface area contributed by atoms with E-state index >= 15 is 0 Å². The monoisotopic (exact) mass is 545 g/mol. The first-order chi connectivity index (χ1) is 18.0. The predicted molar refractivity (Wildman–Crippen MR) is 143 cm³/mol. The van der Waals surface area contributed by atoms with E-state index in [1.807, 2.05) is 13.0 Å². The molecule has 0 saturated carbocycles. The van der Waals surface area contributed by atoms with E-state index in [1.54, 1.807) is 6.92 Å². The summed E-state index contributed by atoms with van der Waals surface area (Å²) in [6.45, 7) is 9.19. The summed E-state index contributed by atoms with van der Waals surface area (Å²) in [4.78, 5) is 34.1. The van der Waals surface area contributed by atoms with Gasteiger partial charge in [0.15, 0.2) is 5.82 Å². The summed E-state index contributed by atoms with van der Waals surface area (Å²) < 4.78 is 28.5. The number of nitrogens with zero attached hydrogens (tertiary/aromatic N) is 6. The molecule has 37 heavy (non-hydrogen) atoms. The highest BCUT2D eigenvalue weighted by atomic mass is 32.2. The molecule has 3 aromatic rings. The standard InChI is InChI=1S/C24H31N7O4S2/c1-3-35-23(32)18-14-25-24(26-15-18)31-6-4-17(5-7-31)13-27-37(33)20-12-19-21(36-20)22(29-16(2)28-19)30-8-10-34-11-9-30/h12,14-15,17,27H,3-11,13H2,1-2H3. The fourth-order valence-electron chi connectivity index (χ4n) is 4.49. The summed E-state index contributed by atoms with van der Waals surface area (Å²) in [5, 5.41) is 0. The van der Waals surface area contributed by atoms with Crippen LogP contribution in [-0.4, -0.2) is 82.7 Å². The van der Waals surface area contributed by atoms with E-state index in [-0.39, 0.29) is 0 Å². The number of hydrogen-bond donors (Lipinski definition) is 1. The SMILES string of the molecule is CCOC(=O)c1cnc(N2CCC(CNS(=O)c3cc4nc(C)nc(N5CCOCC5)c4s3)CC2)nc1. The maximum atomic E-state index is 13.1. The molecule has 0 aromatic carbocycles. The molecule has 2 aliphatic rings. The number of carbonyl (C=O) groups is 1. The number of esters is 1. The van der Waals surface area contributed by atoms with Crippen LogP contribution in [0.15, 0.2) is 22.7 Å². The molecule has 2 fully saturated rings. The molecule has 3 aromatic heterocycles. The van der Waals surface area contributed by atoms with Crippen LogP contribution in [0.3, 0.4) is 0 Å². The van der Waals surface area contributed by atoms with Crippen molar-refractivity contribution < 1.29 is 18.5 Å². The van der Waals surface area contributed by atoms with E-state index in [0.717, 1.165) is 59.3 Å². The Hall–Kier alpha value is -2.74. The second-order valence-corrected chi connectivity index (χ2v) is 11.6. The van der Waals surface area contributed by atoms with Gasteiger partial charge in [-0.15, -0.1) is 11.3 Å². The van der Waals surface area contributed by atoms with E-state index in [2.05, 4.69) is 34.5 Å². The minimum atomic E-state index is -1.32. The lowest BCUT2D eigenvalue weighted by atomic mass is 9.97. The van der Waals surface area contributed by atoms with Gasteiger partial charge in [-0.2, -0.15) is 0 Å². The zero-order valence-corrected chi connectivity index (χ0v) is 22.6. The highest BCUT2D eigenvalue weighted by molar-refractivity contribution is 7.85. The van der Waals surface area contributed by atoms with Gasteiger partial charge in [0, 0.05) is 45.1 Å². The average molecular weight is 546 g/mol. The Labute approximate surface area is 222 Å². The van der Waals surface area contributed by atoms with E-state index in [0.29, 0.717) is 49.6 Å². The summed E-state index contributed by atoms with van der Waals surface area (Å²) in [7, 11) is -1.32. The van der Waals surface area contributed by atoms with Crippen LogP contribution in [0.4, 0.5) is 11.8 Å². The third kappa shape index (κ3) is 6.06. The molecule has 1 atom stereocenters. The zero-order chi connectivity index (χ0) is 25.8. The topological polar surface area (TPSA) is 123 Å². The van der Waals surface area contributed by atoms with Crippen LogP contribution in [0.25, 0.3) is 10.2 Å². The quantitative estimate of drug-likeness (QED) is 0.422. The minimum Gasteiger partial charge on any atom is -0.462 e. The molecule has 0 spiro atoms. The summed E-state index contributed by atoms with van der Waals surface area (Å²) in [6.07, 6.45) is 4.90. The number of morpholine rings is 1. The van der Waals surface area contributed by atoms with Gasteiger partial charge in [0.1, 0.15) is 21.0 Å². The van der Waals surface area contributed by atoms with Gasteiger partial charge in [0.2, 0.25) is 5.95 Å². The second-order valence-electron chi connectivity index (χ2n) is 9.01. The number of fused-ring (bicyclic) bond motifs is 1. The number of anilines is 2. The maximum absolute atomic E-state index is 13.1. The Kier molecular flexibility index (Phi) is 8.23. The van der Waals surface area contributed by atoms with Gasteiger partial charge in [-0.1, -0.05) is 0 Å². The van der Waals surface area contributed by atoms with Crippen LogP contribution < -0.4 is 14.5 Å². The lowest BCUT2D eigenvalue weighted by molar-refractivity contribution is 0.0525. The lowest BCUT2D eigenvalue weighted by Gasteiger charge is -2.31. The van der Waals surface area contributed by atoms with Gasteiger partial charge in [-0.3, -0.25) is 0 Å². The number of thiophene rings is 1. The smallest absolute Gasteiger partial charge is 0.341 e. The van der Waals surface area contributed by atoms with Crippen LogP contribution in [0.2, 0.25) is 0 Å². The van der Waals surface area contributed by atoms with Crippen LogP contribution in [0.5, 0.6) is 0 Å². The minimum absolute atomic E-state index is 0.319. The Morgan fingerprint density at radius 3 is 2.59 bits per heavy atom. The van der Waals surface area contributed by atoms with Crippen LogP contribution in [-0.2, 0) is 20.5 Å². The van der Waals surface area contributed by atoms with Crippen molar-refractivity contribution in [2.24, 2.45) is 5.92 Å². The molecule has 0 aliphatic carbocycles. The molecule has 1 N–H and O–H groups in total. The fourth-order valence-corrected chi connectivity index (χ4v) is 6.82. The molecule has 0 bridgehead atoms. The number of ether oxygens (including phenoxy) is 2. The summed E-state index contributed by atoms with van der Waals surface area (Å²) in [5.41, 5.74) is 1.19. The molecular weight excluding hydrogens is 514 g/mol. The highest BCUT2D eigenvalue weighted by Gasteiger charge is 2.24. The van der Waals surface area contributed by atoms with Gasteiger partial charge in [-0.05, 0) is 38.7 Å². The largest absolute Gasteiger partial charge is 0.462 e. The Morgan fingerprint density at radius 2 is 1.89 bits per heavy atom. The number of hydrogen-bond acceptors (Lipinski definition) is 11. The van der Waals surface area contributed by atoms with Crippen molar-refractivity contribution in [1.29, 1.82) is 0 Å². The molecule has 1 unspecified atom stereocenters. The summed E-state index contributed by atoms with van der Waals surface area (Å²) in [6, 6.07) is 1.92. The van der Waals surface area contributed by atoms with Crippen LogP contribution in [0.1, 0.15) is 35.9 Å². The lowest BCUT2D eigenvalue weighted by Crippen LogP contribution is -2.38. The van der Waals surface area contributed by atoms with Gasteiger partial charge >= 0.3 is 5.97 Å². The molecule has 5 heterocycles. The second kappa shape index (κ2) is 11.8. The van der Waals surface area contributed by atoms with Crippen molar-refractivity contribution in [1.82, 2.24) is 24.7 Å². The number of rotatable bonds is 8. The molecule has 0 amide bonds. The van der Waals surface area contributed by atoms with E-state index in [1.165, 1.54) is 23.7 Å². The zero-order valence-electron chi connectivity index (χ0n) is 21.0. The Bertz CT molecular complexity index is 1260. The summed E-state index contributed by atoms with van der Waals surface area (Å²) in [5.74, 6) is 2.22. The molecule has 11 nitrogen and oxygen atoms in total. The van der Waals surface area contributed by atoms with Crippen molar-refractivity contribution in [3.05, 3.63) is 29.8 Å². The number of nitrogens with one attached hydrogen (secondary N) is 1. The molecule has 13 heteroatoms. The Morgan fingerprint density at radius 1 is 1.16 bits per heavy atom. The normalized spacial score (nSPS) is 17.8. The molecule has 0 radical (unpaired) electrons. The van der Waals surface area contributed by atoms with Crippen molar-refractivity contribution in [3.8, 4) is 0 Å². The molecule has 198 valence electrons. The van der Waals surface area contributed by atoms with Crippen molar-refractivity contribution >= 4 is 50.3 Å². The highest BCUT2D eigenvalue weighted by Crippen LogP contribution is 2.34. The van der Waals surface area contributed by atoms with Crippen LogP contribution in [0, 0.1) is 12.8 Å². The number of piperidine rings is 1. The van der Waals surface area contributed by atoms with Crippen LogP contribution >= 0.6 is 11.3 Å². The number of carbonyl (C=O) groups excluding carboxylic acids is 1. The molecule has 2 saturated heterocycles. The third-order valence-corrected chi connectivity index (χ3v) is 9.02. The van der Waals surface area contributed by atoms with Crippen molar-refractivity contribution in [3.63, 3.8) is 0 Å². The first kappa shape index (κ1) is 25.9. The average Bonchev–Trinajstić information content (AvgIpc) is 3.36. The van der Waals surface area contributed by atoms with Gasteiger partial charge in [-0.25, -0.2) is 33.7 Å². The number of aryl methyl sites for hydroxylation is 1. The molecule has 2 aliphatic heterocycles. The predicted octanol–water partition coefficient (Wildman–Crippen LogP) is 2.33. The molecule has 5 rings (SSSR count). The number of aromatic nitrogens is 4. The first-order valence-electron chi connectivity index (χ1n) is 12.5. The fraction of sp³-hybridized carbons (Fsp3) is 0.542. The maximum Gasteiger partial charge on any atom is 0.341 e. The molecular formula is C24H31N7O4S2. The third-order valence-electron chi connectivity index (χ3n) is 6.49. The first-order valence-corrected chi connectivity index (χ1v) is 14.5. The summed E-state index contributed by atoms with van der Waals surface area (Å²) >= 11 is 1.50. The van der Waals surface area contributed by atoms with E-state index in [9.17, 15) is 9.00 Å². The van der Waals surface area contributed by atoms with E-state index < -0.39 is 17.0 Å².